The van der Waals surface area contributed by atoms with Gasteiger partial charge in [0.15, 0.2) is 5.76 Å². The molecule has 1 aliphatic heterocycles. The van der Waals surface area contributed by atoms with Crippen molar-refractivity contribution in [3.63, 3.8) is 0 Å². The van der Waals surface area contributed by atoms with Gasteiger partial charge in [-0.05, 0) is 57.5 Å². The average molecular weight is 350 g/mol. The summed E-state index contributed by atoms with van der Waals surface area (Å²) in [7, 11) is 0. The molecule has 1 N–H and O–H groups in total. The minimum atomic E-state index is -0.0370. The first-order valence-electron chi connectivity index (χ1n) is 8.21. The van der Waals surface area contributed by atoms with Gasteiger partial charge < -0.3 is 14.6 Å². The van der Waals surface area contributed by atoms with Gasteiger partial charge in [-0.1, -0.05) is 6.07 Å². The number of pyridine rings is 1. The molecular formula is C18H24ClN3O2. The van der Waals surface area contributed by atoms with Crippen LogP contribution in [0.25, 0.3) is 0 Å². The Labute approximate surface area is 148 Å². The van der Waals surface area contributed by atoms with Crippen LogP contribution in [0, 0.1) is 6.92 Å². The monoisotopic (exact) mass is 349 g/mol. The van der Waals surface area contributed by atoms with Gasteiger partial charge in [0.1, 0.15) is 0 Å². The summed E-state index contributed by atoms with van der Waals surface area (Å²) in [4.78, 5) is 19.3. The molecule has 1 saturated heterocycles. The summed E-state index contributed by atoms with van der Waals surface area (Å²) in [6.45, 7) is 4.38. The molecule has 5 nitrogen and oxygen atoms in total. The second kappa shape index (κ2) is 8.85. The maximum absolute atomic E-state index is 13.0. The fourth-order valence-electron chi connectivity index (χ4n) is 3.07. The van der Waals surface area contributed by atoms with Crippen LogP contribution in [0.4, 0.5) is 0 Å². The molecule has 130 valence electrons. The van der Waals surface area contributed by atoms with Crippen LogP contribution < -0.4 is 5.32 Å². The standard InChI is InChI=1S/C18H23N3O2.ClH/c1-14-8-12-23-17(14)18(22)21(13-15-5-2-3-10-20-15)16-6-4-9-19-11-7-16;/h2-3,5,8,10,12,16,19H,4,6-7,9,11,13H2,1H3;1H. The van der Waals surface area contributed by atoms with Crippen molar-refractivity contribution >= 4 is 18.3 Å². The Bertz CT molecular complexity index is 637. The predicted molar refractivity (Wildman–Crippen MR) is 95.3 cm³/mol. The van der Waals surface area contributed by atoms with E-state index >= 15 is 0 Å². The summed E-state index contributed by atoms with van der Waals surface area (Å²) in [6, 6.07) is 7.86. The van der Waals surface area contributed by atoms with Crippen LogP contribution in [0.3, 0.4) is 0 Å². The second-order valence-electron chi connectivity index (χ2n) is 6.02. The molecule has 1 atom stereocenters. The van der Waals surface area contributed by atoms with E-state index in [4.69, 9.17) is 4.42 Å². The minimum Gasteiger partial charge on any atom is -0.459 e. The topological polar surface area (TPSA) is 58.4 Å². The zero-order valence-corrected chi connectivity index (χ0v) is 14.7. The Kier molecular flexibility index (Phi) is 6.82. The number of halogens is 1. The van der Waals surface area contributed by atoms with Gasteiger partial charge in [-0.25, -0.2) is 0 Å². The van der Waals surface area contributed by atoms with Crippen molar-refractivity contribution < 1.29 is 9.21 Å². The lowest BCUT2D eigenvalue weighted by molar-refractivity contribution is 0.0608. The highest BCUT2D eigenvalue weighted by Crippen LogP contribution is 2.21. The fourth-order valence-corrected chi connectivity index (χ4v) is 3.07. The molecule has 24 heavy (non-hydrogen) atoms. The van der Waals surface area contributed by atoms with Gasteiger partial charge in [-0.2, -0.15) is 0 Å². The third kappa shape index (κ3) is 4.36. The lowest BCUT2D eigenvalue weighted by atomic mass is 10.1. The zero-order chi connectivity index (χ0) is 16.1. The molecule has 0 radical (unpaired) electrons. The molecule has 3 rings (SSSR count). The number of hydrogen-bond donors (Lipinski definition) is 1. The van der Waals surface area contributed by atoms with Crippen LogP contribution in [-0.4, -0.2) is 34.9 Å². The van der Waals surface area contributed by atoms with Gasteiger partial charge in [0.25, 0.3) is 5.91 Å². The number of aryl methyl sites for hydroxylation is 1. The van der Waals surface area contributed by atoms with Crippen molar-refractivity contribution in [2.45, 2.75) is 38.8 Å². The van der Waals surface area contributed by atoms with Gasteiger partial charge in [-0.3, -0.25) is 9.78 Å². The molecular weight excluding hydrogens is 326 g/mol. The molecule has 2 aromatic rings. The molecule has 2 aromatic heterocycles. The summed E-state index contributed by atoms with van der Waals surface area (Å²) in [6.07, 6.45) is 6.39. The number of carbonyl (C=O) groups excluding carboxylic acids is 1. The second-order valence-corrected chi connectivity index (χ2v) is 6.02. The molecule has 0 bridgehead atoms. The summed E-state index contributed by atoms with van der Waals surface area (Å²) < 4.78 is 5.44. The first kappa shape index (κ1) is 18.5. The number of furan rings is 1. The minimum absolute atomic E-state index is 0. The number of amides is 1. The summed E-state index contributed by atoms with van der Waals surface area (Å²) in [5.74, 6) is 0.406. The van der Waals surface area contributed by atoms with Crippen LogP contribution in [0.15, 0.2) is 41.1 Å². The highest BCUT2D eigenvalue weighted by atomic mass is 35.5. The first-order valence-corrected chi connectivity index (χ1v) is 8.21. The third-order valence-corrected chi connectivity index (χ3v) is 4.36. The third-order valence-electron chi connectivity index (χ3n) is 4.36. The summed E-state index contributed by atoms with van der Waals surface area (Å²) in [5.41, 5.74) is 1.79. The van der Waals surface area contributed by atoms with Crippen molar-refractivity contribution in [1.29, 1.82) is 0 Å². The van der Waals surface area contributed by atoms with E-state index in [1.807, 2.05) is 36.1 Å². The Hall–Kier alpha value is -1.85. The highest BCUT2D eigenvalue weighted by molar-refractivity contribution is 5.93. The molecule has 0 aromatic carbocycles. The van der Waals surface area contributed by atoms with Crippen molar-refractivity contribution in [3.8, 4) is 0 Å². The Morgan fingerprint density at radius 1 is 1.33 bits per heavy atom. The molecule has 0 saturated carbocycles. The molecule has 6 heteroatoms. The summed E-state index contributed by atoms with van der Waals surface area (Å²) in [5, 5.41) is 3.40. The van der Waals surface area contributed by atoms with E-state index in [0.717, 1.165) is 43.6 Å². The maximum atomic E-state index is 13.0. The lowest BCUT2D eigenvalue weighted by Crippen LogP contribution is -2.40. The number of nitrogens with one attached hydrogen (secondary N) is 1. The largest absolute Gasteiger partial charge is 0.459 e. The van der Waals surface area contributed by atoms with Crippen LogP contribution >= 0.6 is 12.4 Å². The lowest BCUT2D eigenvalue weighted by Gasteiger charge is -2.30. The van der Waals surface area contributed by atoms with E-state index in [0.29, 0.717) is 12.3 Å². The van der Waals surface area contributed by atoms with Gasteiger partial charge >= 0.3 is 0 Å². The number of aromatic nitrogens is 1. The zero-order valence-electron chi connectivity index (χ0n) is 13.9. The van der Waals surface area contributed by atoms with Crippen LogP contribution in [0.1, 0.15) is 41.1 Å². The van der Waals surface area contributed by atoms with Crippen molar-refractivity contribution in [1.82, 2.24) is 15.2 Å². The van der Waals surface area contributed by atoms with Crippen LogP contribution in [0.2, 0.25) is 0 Å². The van der Waals surface area contributed by atoms with Crippen LogP contribution in [-0.2, 0) is 6.54 Å². The van der Waals surface area contributed by atoms with Crippen molar-refractivity contribution in [3.05, 3.63) is 53.7 Å². The predicted octanol–water partition coefficient (Wildman–Crippen LogP) is 3.19. The Morgan fingerprint density at radius 2 is 2.21 bits per heavy atom. The molecule has 1 aliphatic rings. The number of nitrogens with zero attached hydrogens (tertiary/aromatic N) is 2. The van der Waals surface area contributed by atoms with Gasteiger partial charge in [0.05, 0.1) is 18.5 Å². The molecule has 1 fully saturated rings. The molecule has 0 aliphatic carbocycles. The SMILES string of the molecule is Cc1ccoc1C(=O)N(Cc1ccccn1)C1CCCNCC1.Cl. The Morgan fingerprint density at radius 3 is 2.92 bits per heavy atom. The average Bonchev–Trinajstić information content (AvgIpc) is 2.84. The van der Waals surface area contributed by atoms with E-state index in [1.165, 1.54) is 0 Å². The first-order chi connectivity index (χ1) is 11.3. The number of hydrogen-bond acceptors (Lipinski definition) is 4. The number of carbonyl (C=O) groups is 1. The van der Waals surface area contributed by atoms with Gasteiger partial charge in [0.2, 0.25) is 0 Å². The molecule has 0 spiro atoms. The van der Waals surface area contributed by atoms with Crippen molar-refractivity contribution in [2.75, 3.05) is 13.1 Å². The number of rotatable bonds is 4. The smallest absolute Gasteiger partial charge is 0.290 e. The van der Waals surface area contributed by atoms with E-state index in [-0.39, 0.29) is 24.4 Å². The molecule has 3 heterocycles. The van der Waals surface area contributed by atoms with Crippen molar-refractivity contribution in [2.24, 2.45) is 0 Å². The maximum Gasteiger partial charge on any atom is 0.290 e. The fraction of sp³-hybridized carbons (Fsp3) is 0.444. The quantitative estimate of drug-likeness (QED) is 0.921. The van der Waals surface area contributed by atoms with Crippen LogP contribution in [0.5, 0.6) is 0 Å². The van der Waals surface area contributed by atoms with E-state index < -0.39 is 0 Å². The molecule has 1 unspecified atom stereocenters. The summed E-state index contributed by atoms with van der Waals surface area (Å²) >= 11 is 0. The van der Waals surface area contributed by atoms with E-state index in [9.17, 15) is 4.79 Å². The van der Waals surface area contributed by atoms with E-state index in [1.54, 1.807) is 12.5 Å². The normalized spacial score (nSPS) is 17.6. The highest BCUT2D eigenvalue weighted by Gasteiger charge is 2.28. The van der Waals surface area contributed by atoms with Gasteiger partial charge in [0, 0.05) is 17.8 Å². The Balaban J connectivity index is 0.00000208. The molecule has 1 amide bonds. The van der Waals surface area contributed by atoms with Gasteiger partial charge in [-0.15, -0.1) is 12.4 Å². The van der Waals surface area contributed by atoms with E-state index in [2.05, 4.69) is 10.3 Å².